The van der Waals surface area contributed by atoms with Crippen LogP contribution in [-0.2, 0) is 6.54 Å². The normalized spacial score (nSPS) is 16.9. The fraction of sp³-hybridized carbons (Fsp3) is 0.600. The highest BCUT2D eigenvalue weighted by molar-refractivity contribution is 9.10. The number of aliphatic hydroxyl groups excluding tert-OH is 1. The van der Waals surface area contributed by atoms with Crippen LogP contribution >= 0.6 is 15.9 Å². The first kappa shape index (κ1) is 14.8. The summed E-state index contributed by atoms with van der Waals surface area (Å²) in [5.74, 6) is 0.490. The van der Waals surface area contributed by atoms with Gasteiger partial charge in [0.25, 0.3) is 0 Å². The molecular weight excluding hydrogens is 304 g/mol. The van der Waals surface area contributed by atoms with Crippen molar-refractivity contribution in [2.45, 2.75) is 26.3 Å². The predicted molar refractivity (Wildman–Crippen MR) is 83.5 cm³/mol. The van der Waals surface area contributed by atoms with Crippen LogP contribution in [0.2, 0.25) is 0 Å². The lowest BCUT2D eigenvalue weighted by molar-refractivity contribution is 0.203. The van der Waals surface area contributed by atoms with Crippen LogP contribution in [0.4, 0.5) is 5.69 Å². The molecule has 0 aromatic heterocycles. The molecule has 1 aliphatic rings. The lowest BCUT2D eigenvalue weighted by atomic mass is 9.97. The third-order valence-electron chi connectivity index (χ3n) is 3.82. The summed E-state index contributed by atoms with van der Waals surface area (Å²) in [6.45, 7) is 6.45. The molecule has 1 aliphatic heterocycles. The van der Waals surface area contributed by atoms with Crippen LogP contribution in [0.1, 0.15) is 25.3 Å². The van der Waals surface area contributed by atoms with Crippen molar-refractivity contribution >= 4 is 21.6 Å². The second-order valence-electron chi connectivity index (χ2n) is 5.17. The Morgan fingerprint density at radius 2 is 2.11 bits per heavy atom. The first-order valence-corrected chi connectivity index (χ1v) is 7.88. The second-order valence-corrected chi connectivity index (χ2v) is 6.08. The first-order valence-electron chi connectivity index (χ1n) is 7.09. The van der Waals surface area contributed by atoms with Gasteiger partial charge in [0.15, 0.2) is 0 Å². The molecule has 2 rings (SSSR count). The summed E-state index contributed by atoms with van der Waals surface area (Å²) in [6, 6.07) is 6.52. The second kappa shape index (κ2) is 7.27. The van der Waals surface area contributed by atoms with Gasteiger partial charge < -0.3 is 15.3 Å². The van der Waals surface area contributed by atoms with Crippen molar-refractivity contribution in [1.82, 2.24) is 5.32 Å². The molecule has 1 aromatic carbocycles. The zero-order valence-corrected chi connectivity index (χ0v) is 13.1. The first-order chi connectivity index (χ1) is 9.24. The van der Waals surface area contributed by atoms with Gasteiger partial charge in [-0.3, -0.25) is 0 Å². The summed E-state index contributed by atoms with van der Waals surface area (Å²) >= 11 is 3.55. The van der Waals surface area contributed by atoms with E-state index in [9.17, 15) is 5.11 Å². The topological polar surface area (TPSA) is 35.5 Å². The number of nitrogens with one attached hydrogen (secondary N) is 1. The number of piperidine rings is 1. The number of aliphatic hydroxyl groups is 1. The molecule has 3 nitrogen and oxygen atoms in total. The van der Waals surface area contributed by atoms with E-state index >= 15 is 0 Å². The average Bonchev–Trinajstić information content (AvgIpc) is 2.45. The van der Waals surface area contributed by atoms with Crippen LogP contribution in [0.5, 0.6) is 0 Å². The Bertz CT molecular complexity index is 403. The minimum Gasteiger partial charge on any atom is -0.396 e. The van der Waals surface area contributed by atoms with Crippen LogP contribution < -0.4 is 10.2 Å². The number of halogens is 1. The molecule has 0 aliphatic carbocycles. The van der Waals surface area contributed by atoms with E-state index in [0.29, 0.717) is 12.5 Å². The molecule has 1 aromatic rings. The lowest BCUT2D eigenvalue weighted by Crippen LogP contribution is -2.35. The van der Waals surface area contributed by atoms with Crippen molar-refractivity contribution in [2.24, 2.45) is 5.92 Å². The Labute approximate surface area is 124 Å². The lowest BCUT2D eigenvalue weighted by Gasteiger charge is -2.34. The summed E-state index contributed by atoms with van der Waals surface area (Å²) in [4.78, 5) is 2.45. The van der Waals surface area contributed by atoms with Gasteiger partial charge in [0.2, 0.25) is 0 Å². The maximum Gasteiger partial charge on any atom is 0.0460 e. The fourth-order valence-electron chi connectivity index (χ4n) is 2.62. The Morgan fingerprint density at radius 3 is 2.74 bits per heavy atom. The van der Waals surface area contributed by atoms with E-state index in [1.807, 2.05) is 0 Å². The zero-order chi connectivity index (χ0) is 13.7. The van der Waals surface area contributed by atoms with Gasteiger partial charge in [0, 0.05) is 36.4 Å². The highest BCUT2D eigenvalue weighted by Gasteiger charge is 2.20. The Balaban J connectivity index is 2.10. The Kier molecular flexibility index (Phi) is 5.67. The van der Waals surface area contributed by atoms with Gasteiger partial charge in [0.05, 0.1) is 0 Å². The minimum atomic E-state index is 0.332. The van der Waals surface area contributed by atoms with E-state index in [0.717, 1.165) is 43.5 Å². The van der Waals surface area contributed by atoms with Crippen LogP contribution in [0.15, 0.2) is 22.7 Å². The van der Waals surface area contributed by atoms with Gasteiger partial charge in [-0.25, -0.2) is 0 Å². The maximum atomic E-state index is 9.22. The highest BCUT2D eigenvalue weighted by Crippen LogP contribution is 2.28. The van der Waals surface area contributed by atoms with E-state index in [1.54, 1.807) is 0 Å². The predicted octanol–water partition coefficient (Wildman–Crippen LogP) is 2.77. The summed E-state index contributed by atoms with van der Waals surface area (Å²) in [7, 11) is 0. The van der Waals surface area contributed by atoms with E-state index in [4.69, 9.17) is 0 Å². The minimum absolute atomic E-state index is 0.332. The molecule has 4 heteroatoms. The number of anilines is 1. The highest BCUT2D eigenvalue weighted by atomic mass is 79.9. The molecule has 1 saturated heterocycles. The van der Waals surface area contributed by atoms with Crippen molar-refractivity contribution in [3.8, 4) is 0 Å². The average molecular weight is 327 g/mol. The smallest absolute Gasteiger partial charge is 0.0460 e. The van der Waals surface area contributed by atoms with Crippen molar-refractivity contribution in [3.63, 3.8) is 0 Å². The molecule has 0 unspecified atom stereocenters. The van der Waals surface area contributed by atoms with Crippen LogP contribution in [0.25, 0.3) is 0 Å². The number of nitrogens with zero attached hydrogens (tertiary/aromatic N) is 1. The molecule has 106 valence electrons. The van der Waals surface area contributed by atoms with Crippen LogP contribution in [0.3, 0.4) is 0 Å². The number of benzene rings is 1. The van der Waals surface area contributed by atoms with Crippen molar-refractivity contribution < 1.29 is 5.11 Å². The van der Waals surface area contributed by atoms with Crippen molar-refractivity contribution in [1.29, 1.82) is 0 Å². The third-order valence-corrected chi connectivity index (χ3v) is 4.31. The van der Waals surface area contributed by atoms with Crippen LogP contribution in [-0.4, -0.2) is 31.3 Å². The molecular formula is C15H23BrN2O. The molecule has 1 fully saturated rings. The van der Waals surface area contributed by atoms with E-state index in [1.165, 1.54) is 11.3 Å². The quantitative estimate of drug-likeness (QED) is 0.873. The largest absolute Gasteiger partial charge is 0.396 e. The van der Waals surface area contributed by atoms with E-state index < -0.39 is 0 Å². The number of hydrogen-bond acceptors (Lipinski definition) is 3. The van der Waals surface area contributed by atoms with Crippen molar-refractivity contribution in [2.75, 3.05) is 31.1 Å². The molecule has 2 N–H and O–H groups in total. The SMILES string of the molecule is CCNCc1cc(Br)ccc1N1CCC(CO)CC1. The van der Waals surface area contributed by atoms with Gasteiger partial charge >= 0.3 is 0 Å². The number of rotatable bonds is 5. The van der Waals surface area contributed by atoms with Gasteiger partial charge in [-0.1, -0.05) is 22.9 Å². The molecule has 0 bridgehead atoms. The summed E-state index contributed by atoms with van der Waals surface area (Å²) in [6.07, 6.45) is 2.18. The molecule has 1 heterocycles. The molecule has 0 atom stereocenters. The summed E-state index contributed by atoms with van der Waals surface area (Å²) in [5, 5.41) is 12.6. The molecule has 0 amide bonds. The zero-order valence-electron chi connectivity index (χ0n) is 11.5. The molecule has 19 heavy (non-hydrogen) atoms. The maximum absolute atomic E-state index is 9.22. The number of hydrogen-bond donors (Lipinski definition) is 2. The summed E-state index contributed by atoms with van der Waals surface area (Å²) < 4.78 is 1.13. The fourth-order valence-corrected chi connectivity index (χ4v) is 3.03. The van der Waals surface area contributed by atoms with Crippen molar-refractivity contribution in [3.05, 3.63) is 28.2 Å². The van der Waals surface area contributed by atoms with Gasteiger partial charge in [-0.15, -0.1) is 0 Å². The van der Waals surface area contributed by atoms with E-state index in [2.05, 4.69) is 51.3 Å². The monoisotopic (exact) mass is 326 g/mol. The third kappa shape index (κ3) is 3.94. The molecule has 0 radical (unpaired) electrons. The molecule has 0 saturated carbocycles. The molecule has 0 spiro atoms. The van der Waals surface area contributed by atoms with Crippen LogP contribution in [0, 0.1) is 5.92 Å². The van der Waals surface area contributed by atoms with Gasteiger partial charge in [-0.05, 0) is 49.1 Å². The Hall–Kier alpha value is -0.580. The van der Waals surface area contributed by atoms with Gasteiger partial charge in [-0.2, -0.15) is 0 Å². The van der Waals surface area contributed by atoms with Gasteiger partial charge in [0.1, 0.15) is 0 Å². The Morgan fingerprint density at radius 1 is 1.37 bits per heavy atom. The standard InChI is InChI=1S/C15H23BrN2O/c1-2-17-10-13-9-14(16)3-4-15(13)18-7-5-12(11-19)6-8-18/h3-4,9,12,17,19H,2,5-8,10-11H2,1H3. The van der Waals surface area contributed by atoms with E-state index in [-0.39, 0.29) is 0 Å². The summed E-state index contributed by atoms with van der Waals surface area (Å²) in [5.41, 5.74) is 2.68.